The molecule has 11 heteroatoms. The molecule has 3 amide bonds. The smallest absolute Gasteiger partial charge is 0.345 e. The lowest BCUT2D eigenvalue weighted by molar-refractivity contribution is -0.165. The van der Waals surface area contributed by atoms with E-state index in [4.69, 9.17) is 25.8 Å². The summed E-state index contributed by atoms with van der Waals surface area (Å²) in [6.07, 6.45) is 0.203. The molecule has 1 aliphatic carbocycles. The number of benzene rings is 2. The van der Waals surface area contributed by atoms with Gasteiger partial charge in [-0.3, -0.25) is 4.79 Å². The van der Waals surface area contributed by atoms with Crippen LogP contribution in [0, 0.1) is 0 Å². The van der Waals surface area contributed by atoms with Gasteiger partial charge >= 0.3 is 12.0 Å². The minimum absolute atomic E-state index is 0.0596. The minimum Gasteiger partial charge on any atom is -0.482 e. The Morgan fingerprint density at radius 1 is 1.28 bits per heavy atom. The van der Waals surface area contributed by atoms with Gasteiger partial charge in [0.05, 0.1) is 12.8 Å². The van der Waals surface area contributed by atoms with Gasteiger partial charge in [-0.25, -0.2) is 9.59 Å². The van der Waals surface area contributed by atoms with Crippen molar-refractivity contribution in [2.24, 2.45) is 5.10 Å². The number of rotatable bonds is 2. The van der Waals surface area contributed by atoms with Crippen LogP contribution in [0.3, 0.4) is 0 Å². The van der Waals surface area contributed by atoms with E-state index in [1.54, 1.807) is 36.4 Å². The maximum atomic E-state index is 12.9. The number of hydrogen-bond acceptors (Lipinski definition) is 7. The van der Waals surface area contributed by atoms with Crippen LogP contribution in [0.4, 0.5) is 16.2 Å². The highest BCUT2D eigenvalue weighted by atomic mass is 35.5. The molecule has 10 nitrogen and oxygen atoms in total. The van der Waals surface area contributed by atoms with Gasteiger partial charge in [0.15, 0.2) is 6.61 Å². The van der Waals surface area contributed by atoms with E-state index >= 15 is 0 Å². The van der Waals surface area contributed by atoms with Gasteiger partial charge in [-0.05, 0) is 35.9 Å². The monoisotopic (exact) mass is 456 g/mol. The van der Waals surface area contributed by atoms with Crippen LogP contribution in [0.2, 0.25) is 5.02 Å². The topological polar surface area (TPSA) is 119 Å². The first-order chi connectivity index (χ1) is 15.4. The zero-order chi connectivity index (χ0) is 22.5. The Labute approximate surface area is 187 Å². The van der Waals surface area contributed by atoms with Gasteiger partial charge < -0.3 is 24.8 Å². The lowest BCUT2D eigenvalue weighted by Gasteiger charge is -2.34. The Bertz CT molecular complexity index is 1200. The summed E-state index contributed by atoms with van der Waals surface area (Å²) in [5.41, 5.74) is 1.14. The molecule has 2 N–H and O–H groups in total. The molecule has 0 aromatic heterocycles. The molecule has 0 saturated heterocycles. The molecular weight excluding hydrogens is 440 g/mol. The lowest BCUT2D eigenvalue weighted by atomic mass is 9.97. The molecule has 1 unspecified atom stereocenters. The SMILES string of the molecule is COC(=O)C12Cc3cc(Cl)ccc3C1=NN(C(=O)Nc1ccc3c(c1)NC(=O)CO3)CO2. The van der Waals surface area contributed by atoms with Crippen LogP contribution in [-0.2, 0) is 25.5 Å². The van der Waals surface area contributed by atoms with Crippen LogP contribution in [0.1, 0.15) is 11.1 Å². The second-order valence-corrected chi connectivity index (χ2v) is 7.83. The van der Waals surface area contributed by atoms with Crippen molar-refractivity contribution in [3.63, 3.8) is 0 Å². The number of carbonyl (C=O) groups excluding carboxylic acids is 3. The van der Waals surface area contributed by atoms with Gasteiger partial charge in [0, 0.05) is 22.7 Å². The summed E-state index contributed by atoms with van der Waals surface area (Å²) in [6.45, 7) is -0.327. The average Bonchev–Trinajstić information content (AvgIpc) is 3.11. The Hall–Kier alpha value is -3.63. The molecule has 0 saturated carbocycles. The molecule has 5 rings (SSSR count). The van der Waals surface area contributed by atoms with E-state index in [1.165, 1.54) is 7.11 Å². The first kappa shape index (κ1) is 20.3. The molecule has 2 aliphatic heterocycles. The number of hydrazone groups is 1. The number of fused-ring (bicyclic) bond motifs is 4. The number of anilines is 2. The molecule has 0 bridgehead atoms. The van der Waals surface area contributed by atoms with E-state index in [-0.39, 0.29) is 31.4 Å². The normalized spacial score (nSPS) is 20.8. The van der Waals surface area contributed by atoms with Crippen molar-refractivity contribution in [2.45, 2.75) is 12.0 Å². The maximum absolute atomic E-state index is 12.9. The lowest BCUT2D eigenvalue weighted by Crippen LogP contribution is -2.55. The highest BCUT2D eigenvalue weighted by Gasteiger charge is 2.55. The third-order valence-corrected chi connectivity index (χ3v) is 5.65. The molecular formula is C21H17ClN4O6. The van der Waals surface area contributed by atoms with E-state index in [0.717, 1.165) is 10.6 Å². The van der Waals surface area contributed by atoms with Gasteiger partial charge in [0.25, 0.3) is 5.91 Å². The van der Waals surface area contributed by atoms with Crippen molar-refractivity contribution in [1.82, 2.24) is 5.01 Å². The molecule has 3 aliphatic rings. The number of ether oxygens (including phenoxy) is 3. The summed E-state index contributed by atoms with van der Waals surface area (Å²) < 4.78 is 16.2. The zero-order valence-corrected chi connectivity index (χ0v) is 17.6. The predicted molar refractivity (Wildman–Crippen MR) is 114 cm³/mol. The van der Waals surface area contributed by atoms with Crippen molar-refractivity contribution < 1.29 is 28.6 Å². The quantitative estimate of drug-likeness (QED) is 0.670. The van der Waals surface area contributed by atoms with Gasteiger partial charge in [0.2, 0.25) is 5.60 Å². The summed E-state index contributed by atoms with van der Waals surface area (Å²) >= 11 is 6.10. The van der Waals surface area contributed by atoms with Crippen LogP contribution < -0.4 is 15.4 Å². The van der Waals surface area contributed by atoms with Gasteiger partial charge in [-0.2, -0.15) is 10.1 Å². The molecule has 0 radical (unpaired) electrons. The van der Waals surface area contributed by atoms with E-state index in [9.17, 15) is 14.4 Å². The number of urea groups is 1. The van der Waals surface area contributed by atoms with Crippen LogP contribution in [0.5, 0.6) is 5.75 Å². The molecule has 32 heavy (non-hydrogen) atoms. The fourth-order valence-electron chi connectivity index (χ4n) is 3.93. The second-order valence-electron chi connectivity index (χ2n) is 7.40. The number of halogens is 1. The molecule has 0 fully saturated rings. The minimum atomic E-state index is -1.44. The number of methoxy groups -OCH3 is 1. The molecule has 2 heterocycles. The Balaban J connectivity index is 1.43. The Kier molecular flexibility index (Phi) is 4.75. The fourth-order valence-corrected chi connectivity index (χ4v) is 4.12. The molecule has 1 atom stereocenters. The number of amides is 3. The zero-order valence-electron chi connectivity index (χ0n) is 16.8. The second kappa shape index (κ2) is 7.50. The van der Waals surface area contributed by atoms with Crippen LogP contribution in [0.15, 0.2) is 41.5 Å². The van der Waals surface area contributed by atoms with E-state index in [2.05, 4.69) is 15.7 Å². The predicted octanol–water partition coefficient (Wildman–Crippen LogP) is 2.36. The van der Waals surface area contributed by atoms with Crippen LogP contribution >= 0.6 is 11.6 Å². The number of esters is 1. The van der Waals surface area contributed by atoms with Crippen molar-refractivity contribution in [3.8, 4) is 5.75 Å². The van der Waals surface area contributed by atoms with E-state index < -0.39 is 17.6 Å². The van der Waals surface area contributed by atoms with Crippen molar-refractivity contribution in [3.05, 3.63) is 52.5 Å². The summed E-state index contributed by atoms with van der Waals surface area (Å²) in [6, 6.07) is 9.42. The summed E-state index contributed by atoms with van der Waals surface area (Å²) in [5, 5.41) is 11.4. The summed E-state index contributed by atoms with van der Waals surface area (Å²) in [5.74, 6) is -0.377. The maximum Gasteiger partial charge on any atom is 0.345 e. The van der Waals surface area contributed by atoms with Crippen molar-refractivity contribution in [1.29, 1.82) is 0 Å². The highest BCUT2D eigenvalue weighted by molar-refractivity contribution is 6.31. The summed E-state index contributed by atoms with van der Waals surface area (Å²) in [7, 11) is 1.27. The van der Waals surface area contributed by atoms with E-state index in [1.807, 2.05) is 0 Å². The van der Waals surface area contributed by atoms with Gasteiger partial charge in [0.1, 0.15) is 18.2 Å². The third kappa shape index (κ3) is 3.24. The van der Waals surface area contributed by atoms with Crippen LogP contribution in [-0.4, -0.2) is 54.7 Å². The van der Waals surface area contributed by atoms with Crippen LogP contribution in [0.25, 0.3) is 0 Å². The standard InChI is InChI=1S/C21H17ClN4O6/c1-30-19(28)21-8-11-6-12(22)2-4-14(11)18(21)25-26(10-32-21)20(29)23-13-3-5-16-15(7-13)24-17(27)9-31-16/h2-7H,8-10H2,1H3,(H,23,29)(H,24,27). The molecule has 164 valence electrons. The van der Waals surface area contributed by atoms with Crippen molar-refractivity contribution >= 4 is 46.6 Å². The average molecular weight is 457 g/mol. The number of nitrogens with zero attached hydrogens (tertiary/aromatic N) is 2. The first-order valence-electron chi connectivity index (χ1n) is 9.65. The largest absolute Gasteiger partial charge is 0.482 e. The highest BCUT2D eigenvalue weighted by Crippen LogP contribution is 2.38. The van der Waals surface area contributed by atoms with Crippen molar-refractivity contribution in [2.75, 3.05) is 31.1 Å². The van der Waals surface area contributed by atoms with Gasteiger partial charge in [-0.1, -0.05) is 17.7 Å². The summed E-state index contributed by atoms with van der Waals surface area (Å²) in [4.78, 5) is 37.0. The number of nitrogens with one attached hydrogen (secondary N) is 2. The molecule has 2 aromatic rings. The Morgan fingerprint density at radius 2 is 2.12 bits per heavy atom. The number of carbonyl (C=O) groups is 3. The van der Waals surface area contributed by atoms with Gasteiger partial charge in [-0.15, -0.1) is 0 Å². The molecule has 2 aromatic carbocycles. The first-order valence-corrected chi connectivity index (χ1v) is 10.0. The van der Waals surface area contributed by atoms with E-state index in [0.29, 0.717) is 27.7 Å². The third-order valence-electron chi connectivity index (χ3n) is 5.41. The molecule has 0 spiro atoms. The number of hydrogen-bond donors (Lipinski definition) is 2. The Morgan fingerprint density at radius 3 is 2.94 bits per heavy atom. The fraction of sp³-hybridized carbons (Fsp3) is 0.238.